The first-order chi connectivity index (χ1) is 5.84. The van der Waals surface area contributed by atoms with Crippen molar-refractivity contribution >= 4 is 5.91 Å². The van der Waals surface area contributed by atoms with Crippen LogP contribution in [0.2, 0.25) is 0 Å². The molecule has 1 amide bonds. The van der Waals surface area contributed by atoms with Gasteiger partial charge in [-0.1, -0.05) is 12.8 Å². The summed E-state index contributed by atoms with van der Waals surface area (Å²) in [4.78, 5) is 11.4. The Hall–Kier alpha value is -0.570. The molecule has 2 N–H and O–H groups in total. The molecule has 1 rings (SSSR count). The molecular formula is C9H18N2O. The van der Waals surface area contributed by atoms with Gasteiger partial charge in [0, 0.05) is 6.54 Å². The fourth-order valence-corrected chi connectivity index (χ4v) is 1.55. The smallest absolute Gasteiger partial charge is 0.237 e. The highest BCUT2D eigenvalue weighted by molar-refractivity contribution is 5.81. The fourth-order valence-electron chi connectivity index (χ4n) is 1.55. The van der Waals surface area contributed by atoms with E-state index in [1.54, 1.807) is 0 Å². The van der Waals surface area contributed by atoms with Gasteiger partial charge in [-0.3, -0.25) is 4.79 Å². The van der Waals surface area contributed by atoms with Crippen LogP contribution in [0.5, 0.6) is 0 Å². The van der Waals surface area contributed by atoms with Gasteiger partial charge in [0.15, 0.2) is 0 Å². The first-order valence-corrected chi connectivity index (χ1v) is 4.85. The molecule has 0 bridgehead atoms. The summed E-state index contributed by atoms with van der Waals surface area (Å²) in [6, 6.07) is 0.0625. The van der Waals surface area contributed by atoms with E-state index < -0.39 is 0 Å². The molecule has 0 saturated carbocycles. The van der Waals surface area contributed by atoms with E-state index in [0.717, 1.165) is 19.5 Å². The molecule has 0 aromatic heterocycles. The van der Waals surface area contributed by atoms with Crippen molar-refractivity contribution in [3.05, 3.63) is 0 Å². The first-order valence-electron chi connectivity index (χ1n) is 4.85. The number of amides is 1. The predicted octanol–water partition coefficient (Wildman–Crippen LogP) is 0.655. The second-order valence-corrected chi connectivity index (χ2v) is 3.25. The number of hydrogen-bond donors (Lipinski definition) is 2. The van der Waals surface area contributed by atoms with E-state index in [-0.39, 0.29) is 11.9 Å². The molecule has 1 aliphatic rings. The number of likely N-dealkylation sites (N-methyl/N-ethyl adjacent to an activating group) is 1. The monoisotopic (exact) mass is 170 g/mol. The number of rotatable bonds is 2. The second-order valence-electron chi connectivity index (χ2n) is 3.25. The van der Waals surface area contributed by atoms with Crippen molar-refractivity contribution in [3.8, 4) is 0 Å². The van der Waals surface area contributed by atoms with Gasteiger partial charge in [-0.2, -0.15) is 0 Å². The summed E-state index contributed by atoms with van der Waals surface area (Å²) < 4.78 is 0. The third-order valence-electron chi connectivity index (χ3n) is 2.23. The molecule has 1 saturated heterocycles. The lowest BCUT2D eigenvalue weighted by atomic mass is 10.1. The maximum absolute atomic E-state index is 11.4. The lowest BCUT2D eigenvalue weighted by Gasteiger charge is -2.14. The predicted molar refractivity (Wildman–Crippen MR) is 48.9 cm³/mol. The van der Waals surface area contributed by atoms with Crippen LogP contribution in [0, 0.1) is 0 Å². The summed E-state index contributed by atoms with van der Waals surface area (Å²) in [6.45, 7) is 3.67. The number of carbonyl (C=O) groups is 1. The summed E-state index contributed by atoms with van der Waals surface area (Å²) in [7, 11) is 0. The Morgan fingerprint density at radius 1 is 1.50 bits per heavy atom. The highest BCUT2D eigenvalue weighted by Crippen LogP contribution is 2.07. The molecule has 1 atom stereocenters. The Morgan fingerprint density at radius 2 is 2.33 bits per heavy atom. The molecule has 0 spiro atoms. The van der Waals surface area contributed by atoms with Gasteiger partial charge in [0.05, 0.1) is 6.04 Å². The maximum atomic E-state index is 11.4. The zero-order valence-electron chi connectivity index (χ0n) is 7.73. The van der Waals surface area contributed by atoms with E-state index in [2.05, 4.69) is 10.6 Å². The topological polar surface area (TPSA) is 41.1 Å². The van der Waals surface area contributed by atoms with E-state index in [1.807, 2.05) is 6.92 Å². The normalized spacial score (nSPS) is 24.6. The average molecular weight is 170 g/mol. The van der Waals surface area contributed by atoms with Crippen molar-refractivity contribution in [1.29, 1.82) is 0 Å². The van der Waals surface area contributed by atoms with Gasteiger partial charge in [0.1, 0.15) is 0 Å². The lowest BCUT2D eigenvalue weighted by Crippen LogP contribution is -2.43. The highest BCUT2D eigenvalue weighted by Gasteiger charge is 2.17. The molecule has 0 aromatic carbocycles. The van der Waals surface area contributed by atoms with Crippen molar-refractivity contribution in [2.75, 3.05) is 13.1 Å². The van der Waals surface area contributed by atoms with Crippen LogP contribution in [-0.2, 0) is 4.79 Å². The van der Waals surface area contributed by atoms with Gasteiger partial charge >= 0.3 is 0 Å². The maximum Gasteiger partial charge on any atom is 0.237 e. The van der Waals surface area contributed by atoms with Crippen LogP contribution in [0.25, 0.3) is 0 Å². The summed E-state index contributed by atoms with van der Waals surface area (Å²) >= 11 is 0. The molecule has 12 heavy (non-hydrogen) atoms. The van der Waals surface area contributed by atoms with Crippen LogP contribution in [0.3, 0.4) is 0 Å². The van der Waals surface area contributed by atoms with Crippen LogP contribution in [-0.4, -0.2) is 25.0 Å². The second kappa shape index (κ2) is 5.14. The van der Waals surface area contributed by atoms with Crippen molar-refractivity contribution in [3.63, 3.8) is 0 Å². The Labute approximate surface area is 73.9 Å². The fraction of sp³-hybridized carbons (Fsp3) is 0.889. The van der Waals surface area contributed by atoms with Gasteiger partial charge in [0.25, 0.3) is 0 Å². The van der Waals surface area contributed by atoms with Crippen molar-refractivity contribution in [2.24, 2.45) is 0 Å². The van der Waals surface area contributed by atoms with E-state index in [0.29, 0.717) is 0 Å². The third-order valence-corrected chi connectivity index (χ3v) is 2.23. The minimum absolute atomic E-state index is 0.0625. The third kappa shape index (κ3) is 2.81. The highest BCUT2D eigenvalue weighted by atomic mass is 16.2. The largest absolute Gasteiger partial charge is 0.355 e. The van der Waals surface area contributed by atoms with Gasteiger partial charge in [-0.15, -0.1) is 0 Å². The molecule has 3 heteroatoms. The molecule has 1 fully saturated rings. The Bertz CT molecular complexity index is 139. The molecule has 3 nitrogen and oxygen atoms in total. The SMILES string of the molecule is CCNC(=O)[C@H]1CCCCCN1. The molecule has 70 valence electrons. The average Bonchev–Trinajstić information content (AvgIpc) is 2.32. The standard InChI is InChI=1S/C9H18N2O/c1-2-10-9(12)8-6-4-3-5-7-11-8/h8,11H,2-7H2,1H3,(H,10,12)/t8-/m1/s1. The van der Waals surface area contributed by atoms with E-state index in [9.17, 15) is 4.79 Å². The molecule has 0 unspecified atom stereocenters. The van der Waals surface area contributed by atoms with Crippen LogP contribution < -0.4 is 10.6 Å². The zero-order valence-corrected chi connectivity index (χ0v) is 7.73. The summed E-state index contributed by atoms with van der Waals surface area (Å²) in [5.74, 6) is 0.166. The van der Waals surface area contributed by atoms with Crippen molar-refractivity contribution < 1.29 is 4.79 Å². The summed E-state index contributed by atoms with van der Waals surface area (Å²) in [6.07, 6.45) is 4.62. The van der Waals surface area contributed by atoms with Crippen molar-refractivity contribution in [1.82, 2.24) is 10.6 Å². The van der Waals surface area contributed by atoms with E-state index in [4.69, 9.17) is 0 Å². The van der Waals surface area contributed by atoms with Crippen LogP contribution in [0.15, 0.2) is 0 Å². The van der Waals surface area contributed by atoms with Gasteiger partial charge in [0.2, 0.25) is 5.91 Å². The Morgan fingerprint density at radius 3 is 3.08 bits per heavy atom. The molecule has 0 radical (unpaired) electrons. The Kier molecular flexibility index (Phi) is 4.08. The summed E-state index contributed by atoms with van der Waals surface area (Å²) in [5.41, 5.74) is 0. The van der Waals surface area contributed by atoms with Gasteiger partial charge in [-0.25, -0.2) is 0 Å². The molecule has 1 heterocycles. The molecular weight excluding hydrogens is 152 g/mol. The van der Waals surface area contributed by atoms with Crippen LogP contribution in [0.4, 0.5) is 0 Å². The van der Waals surface area contributed by atoms with Crippen LogP contribution >= 0.6 is 0 Å². The lowest BCUT2D eigenvalue weighted by molar-refractivity contribution is -0.123. The minimum Gasteiger partial charge on any atom is -0.355 e. The van der Waals surface area contributed by atoms with E-state index >= 15 is 0 Å². The quantitative estimate of drug-likeness (QED) is 0.639. The molecule has 0 aliphatic carbocycles. The minimum atomic E-state index is 0.0625. The van der Waals surface area contributed by atoms with Gasteiger partial charge < -0.3 is 10.6 Å². The number of hydrogen-bond acceptors (Lipinski definition) is 2. The van der Waals surface area contributed by atoms with E-state index in [1.165, 1.54) is 19.3 Å². The van der Waals surface area contributed by atoms with Gasteiger partial charge in [-0.05, 0) is 26.3 Å². The zero-order chi connectivity index (χ0) is 8.81. The van der Waals surface area contributed by atoms with Crippen molar-refractivity contribution in [2.45, 2.75) is 38.6 Å². The number of carbonyl (C=O) groups excluding carboxylic acids is 1. The summed E-state index contributed by atoms with van der Waals surface area (Å²) in [5, 5.41) is 6.10. The molecule has 0 aromatic rings. The first kappa shape index (κ1) is 9.52. The Balaban J connectivity index is 2.32. The number of nitrogens with one attached hydrogen (secondary N) is 2. The molecule has 1 aliphatic heterocycles. The van der Waals surface area contributed by atoms with Crippen LogP contribution in [0.1, 0.15) is 32.6 Å².